The molecule has 1 aromatic rings. The van der Waals surface area contributed by atoms with Crippen LogP contribution >= 0.6 is 11.3 Å². The Labute approximate surface area is 112 Å². The van der Waals surface area contributed by atoms with Crippen LogP contribution in [0.25, 0.3) is 0 Å². The first-order valence-corrected chi connectivity index (χ1v) is 6.99. The zero-order chi connectivity index (χ0) is 13.3. The van der Waals surface area contributed by atoms with Crippen molar-refractivity contribution >= 4 is 17.2 Å². The van der Waals surface area contributed by atoms with E-state index in [0.29, 0.717) is 26.1 Å². The van der Waals surface area contributed by atoms with Crippen LogP contribution in [0.5, 0.6) is 0 Å². The number of hydrogen-bond acceptors (Lipinski definition) is 4. The lowest BCUT2D eigenvalue weighted by Crippen LogP contribution is -2.43. The number of carbonyl (C=O) groups excluding carboxylic acids is 1. The standard InChI is InChI=1S/C13H20N2O2S/c1-10-6-11(18-7-10)12(16)15-5-4-13(17,9-15)8-14(2)3/h6-7,17H,4-5,8-9H2,1-3H3. The van der Waals surface area contributed by atoms with Crippen molar-refractivity contribution in [2.24, 2.45) is 0 Å². The van der Waals surface area contributed by atoms with Crippen LogP contribution in [0.4, 0.5) is 0 Å². The van der Waals surface area contributed by atoms with Crippen molar-refractivity contribution in [3.63, 3.8) is 0 Å². The van der Waals surface area contributed by atoms with Crippen LogP contribution in [-0.2, 0) is 0 Å². The van der Waals surface area contributed by atoms with Gasteiger partial charge in [0.15, 0.2) is 0 Å². The summed E-state index contributed by atoms with van der Waals surface area (Å²) in [5, 5.41) is 12.4. The van der Waals surface area contributed by atoms with Crippen LogP contribution in [-0.4, -0.2) is 60.1 Å². The molecule has 0 spiro atoms. The second-order valence-corrected chi connectivity index (χ2v) is 6.34. The Morgan fingerprint density at radius 2 is 2.33 bits per heavy atom. The molecule has 4 nitrogen and oxygen atoms in total. The second kappa shape index (κ2) is 4.99. The molecule has 0 radical (unpaired) electrons. The van der Waals surface area contributed by atoms with Crippen molar-refractivity contribution in [2.45, 2.75) is 18.9 Å². The molecule has 2 rings (SSSR count). The summed E-state index contributed by atoms with van der Waals surface area (Å²) in [5.41, 5.74) is 0.358. The molecule has 0 saturated carbocycles. The van der Waals surface area contributed by atoms with E-state index in [1.807, 2.05) is 37.4 Å². The van der Waals surface area contributed by atoms with Gasteiger partial charge in [0.05, 0.1) is 17.0 Å². The summed E-state index contributed by atoms with van der Waals surface area (Å²) in [7, 11) is 3.87. The largest absolute Gasteiger partial charge is 0.387 e. The highest BCUT2D eigenvalue weighted by molar-refractivity contribution is 7.12. The van der Waals surface area contributed by atoms with E-state index in [2.05, 4.69) is 0 Å². The SMILES string of the molecule is Cc1csc(C(=O)N2CCC(O)(CN(C)C)C2)c1. The van der Waals surface area contributed by atoms with E-state index in [-0.39, 0.29) is 5.91 Å². The number of aryl methyl sites for hydroxylation is 1. The summed E-state index contributed by atoms with van der Waals surface area (Å²) in [6.45, 7) is 3.65. The van der Waals surface area contributed by atoms with Crippen LogP contribution in [0, 0.1) is 6.92 Å². The summed E-state index contributed by atoms with van der Waals surface area (Å²) in [4.78, 5) is 16.7. The molecule has 1 unspecified atom stereocenters. The van der Waals surface area contributed by atoms with Gasteiger partial charge < -0.3 is 14.9 Å². The molecule has 1 aromatic heterocycles. The summed E-state index contributed by atoms with van der Waals surface area (Å²) in [5.74, 6) is 0.0442. The van der Waals surface area contributed by atoms with Gasteiger partial charge in [-0.1, -0.05) is 0 Å². The highest BCUT2D eigenvalue weighted by Crippen LogP contribution is 2.25. The molecule has 1 aliphatic rings. The molecule has 2 heterocycles. The van der Waals surface area contributed by atoms with Crippen molar-refractivity contribution in [3.8, 4) is 0 Å². The van der Waals surface area contributed by atoms with Gasteiger partial charge >= 0.3 is 0 Å². The van der Waals surface area contributed by atoms with Gasteiger partial charge in [0.25, 0.3) is 5.91 Å². The van der Waals surface area contributed by atoms with Gasteiger partial charge in [0.2, 0.25) is 0 Å². The molecule has 18 heavy (non-hydrogen) atoms. The summed E-state index contributed by atoms with van der Waals surface area (Å²) in [6.07, 6.45) is 0.654. The second-order valence-electron chi connectivity index (χ2n) is 5.43. The number of carbonyl (C=O) groups is 1. The fraction of sp³-hybridized carbons (Fsp3) is 0.615. The first-order chi connectivity index (χ1) is 8.39. The molecule has 1 fully saturated rings. The predicted molar refractivity (Wildman–Crippen MR) is 73.1 cm³/mol. The van der Waals surface area contributed by atoms with Crippen LogP contribution in [0.2, 0.25) is 0 Å². The number of nitrogens with zero attached hydrogens (tertiary/aromatic N) is 2. The Morgan fingerprint density at radius 1 is 1.61 bits per heavy atom. The predicted octanol–water partition coefficient (Wildman–Crippen LogP) is 1.20. The van der Waals surface area contributed by atoms with Crippen molar-refractivity contribution < 1.29 is 9.90 Å². The molecule has 1 N–H and O–H groups in total. The molecule has 1 amide bonds. The maximum atomic E-state index is 12.2. The lowest BCUT2D eigenvalue weighted by atomic mass is 10.0. The number of hydrogen-bond donors (Lipinski definition) is 1. The number of likely N-dealkylation sites (tertiary alicyclic amines) is 1. The third kappa shape index (κ3) is 2.91. The maximum absolute atomic E-state index is 12.2. The minimum Gasteiger partial charge on any atom is -0.387 e. The topological polar surface area (TPSA) is 43.8 Å². The van der Waals surface area contributed by atoms with Crippen molar-refractivity contribution in [1.29, 1.82) is 0 Å². The van der Waals surface area contributed by atoms with E-state index in [4.69, 9.17) is 0 Å². The Morgan fingerprint density at radius 3 is 2.89 bits per heavy atom. The number of thiophene rings is 1. The molecule has 1 atom stereocenters. The average molecular weight is 268 g/mol. The highest BCUT2D eigenvalue weighted by atomic mass is 32.1. The highest BCUT2D eigenvalue weighted by Gasteiger charge is 2.38. The first-order valence-electron chi connectivity index (χ1n) is 6.11. The Kier molecular flexibility index (Phi) is 3.75. The van der Waals surface area contributed by atoms with Crippen molar-refractivity contribution in [1.82, 2.24) is 9.80 Å². The monoisotopic (exact) mass is 268 g/mol. The van der Waals surface area contributed by atoms with Gasteiger partial charge in [0.1, 0.15) is 0 Å². The van der Waals surface area contributed by atoms with E-state index >= 15 is 0 Å². The van der Waals surface area contributed by atoms with Crippen molar-refractivity contribution in [3.05, 3.63) is 21.9 Å². The average Bonchev–Trinajstić information content (AvgIpc) is 2.83. The zero-order valence-corrected chi connectivity index (χ0v) is 12.0. The Hall–Kier alpha value is -0.910. The molecule has 0 aromatic carbocycles. The minimum atomic E-state index is -0.758. The third-order valence-electron chi connectivity index (χ3n) is 3.17. The molecule has 1 saturated heterocycles. The van der Waals surface area contributed by atoms with Gasteiger partial charge in [-0.2, -0.15) is 0 Å². The van der Waals surface area contributed by atoms with Crippen LogP contribution in [0.15, 0.2) is 11.4 Å². The normalized spacial score (nSPS) is 23.9. The maximum Gasteiger partial charge on any atom is 0.264 e. The number of β-amino-alcohol motifs (C(OH)–C–C–N with tert-alkyl or cyclic N) is 1. The molecule has 0 aliphatic carbocycles. The quantitative estimate of drug-likeness (QED) is 0.895. The molecule has 0 bridgehead atoms. The van der Waals surface area contributed by atoms with E-state index < -0.39 is 5.60 Å². The minimum absolute atomic E-state index is 0.0442. The summed E-state index contributed by atoms with van der Waals surface area (Å²) in [6, 6.07) is 1.91. The number of rotatable bonds is 3. The van der Waals surface area contributed by atoms with Gasteiger partial charge in [-0.15, -0.1) is 11.3 Å². The van der Waals surface area contributed by atoms with Crippen LogP contribution in [0.3, 0.4) is 0 Å². The van der Waals surface area contributed by atoms with Crippen LogP contribution < -0.4 is 0 Å². The van der Waals surface area contributed by atoms with Gasteiger partial charge in [0, 0.05) is 13.1 Å². The van der Waals surface area contributed by atoms with Gasteiger partial charge in [-0.05, 0) is 44.4 Å². The molecule has 100 valence electrons. The molecular formula is C13H20N2O2S. The Balaban J connectivity index is 2.02. The summed E-state index contributed by atoms with van der Waals surface area (Å²) < 4.78 is 0. The van der Waals surface area contributed by atoms with Gasteiger partial charge in [-0.3, -0.25) is 4.79 Å². The number of amides is 1. The number of aliphatic hydroxyl groups is 1. The first kappa shape index (κ1) is 13.5. The van der Waals surface area contributed by atoms with Gasteiger partial charge in [-0.25, -0.2) is 0 Å². The third-order valence-corrected chi connectivity index (χ3v) is 4.21. The van der Waals surface area contributed by atoms with Crippen LogP contribution in [0.1, 0.15) is 21.7 Å². The fourth-order valence-corrected chi connectivity index (χ4v) is 3.31. The lowest BCUT2D eigenvalue weighted by Gasteiger charge is -2.26. The van der Waals surface area contributed by atoms with E-state index in [0.717, 1.165) is 10.4 Å². The van der Waals surface area contributed by atoms with E-state index in [1.165, 1.54) is 11.3 Å². The van der Waals surface area contributed by atoms with E-state index in [9.17, 15) is 9.90 Å². The molecule has 5 heteroatoms. The molecule has 1 aliphatic heterocycles. The summed E-state index contributed by atoms with van der Waals surface area (Å²) >= 11 is 1.48. The zero-order valence-electron chi connectivity index (χ0n) is 11.1. The fourth-order valence-electron chi connectivity index (χ4n) is 2.45. The smallest absolute Gasteiger partial charge is 0.264 e. The van der Waals surface area contributed by atoms with E-state index in [1.54, 1.807) is 4.90 Å². The van der Waals surface area contributed by atoms with Crippen molar-refractivity contribution in [2.75, 3.05) is 33.7 Å². The Bertz CT molecular complexity index is 444. The lowest BCUT2D eigenvalue weighted by molar-refractivity contribution is 0.0237. The molecular weight excluding hydrogens is 248 g/mol. The number of likely N-dealkylation sites (N-methyl/N-ethyl adjacent to an activating group) is 1.